The number of anilines is 1. The van der Waals surface area contributed by atoms with E-state index in [2.05, 4.69) is 5.32 Å². The van der Waals surface area contributed by atoms with Gasteiger partial charge in [-0.3, -0.25) is 14.5 Å². The largest absolute Gasteiger partial charge is 0.480 e. The number of hydrogen-bond donors (Lipinski definition) is 2. The lowest BCUT2D eigenvalue weighted by atomic mass is 10.2. The molecule has 1 heterocycles. The lowest BCUT2D eigenvalue weighted by Crippen LogP contribution is -2.41. The number of esters is 1. The van der Waals surface area contributed by atoms with Gasteiger partial charge in [0.15, 0.2) is 0 Å². The Hall–Kier alpha value is -2.48. The maximum atomic E-state index is 13.4. The van der Waals surface area contributed by atoms with Crippen LogP contribution in [0.3, 0.4) is 0 Å². The van der Waals surface area contributed by atoms with Gasteiger partial charge in [-0.25, -0.2) is 9.18 Å². The highest BCUT2D eigenvalue weighted by Crippen LogP contribution is 2.20. The monoisotopic (exact) mass is 338 g/mol. The minimum atomic E-state index is -1.25. The minimum Gasteiger partial charge on any atom is -0.480 e. The molecule has 2 N–H and O–H groups in total. The number of carboxylic acid groups (broad SMARTS) is 1. The quantitative estimate of drug-likeness (QED) is 0.759. The van der Waals surface area contributed by atoms with E-state index in [4.69, 9.17) is 9.84 Å². The first kappa shape index (κ1) is 17.9. The van der Waals surface area contributed by atoms with Crippen molar-refractivity contribution in [2.24, 2.45) is 0 Å². The summed E-state index contributed by atoms with van der Waals surface area (Å²) in [6.45, 7) is 1.69. The number of aliphatic carboxylic acids is 1. The van der Waals surface area contributed by atoms with Gasteiger partial charge in [-0.1, -0.05) is 0 Å². The topological polar surface area (TPSA) is 95.9 Å². The Morgan fingerprint density at radius 2 is 2.00 bits per heavy atom. The molecule has 1 saturated heterocycles. The van der Waals surface area contributed by atoms with Crippen molar-refractivity contribution < 1.29 is 28.6 Å². The predicted octanol–water partition coefficient (Wildman–Crippen LogP) is 1.30. The Morgan fingerprint density at radius 1 is 1.33 bits per heavy atom. The normalized spacial score (nSPS) is 20.6. The molecule has 8 heteroatoms. The molecule has 1 amide bonds. The number of likely N-dealkylation sites (tertiary alicyclic amines) is 1. The van der Waals surface area contributed by atoms with E-state index in [0.29, 0.717) is 11.3 Å². The predicted molar refractivity (Wildman–Crippen MR) is 83.5 cm³/mol. The molecular formula is C16H19FN2O5. The number of ether oxygens (including phenoxy) is 1. The van der Waals surface area contributed by atoms with Crippen LogP contribution in [0.25, 0.3) is 0 Å². The number of benzene rings is 1. The van der Waals surface area contributed by atoms with Crippen molar-refractivity contribution in [1.82, 2.24) is 4.90 Å². The van der Waals surface area contributed by atoms with Gasteiger partial charge in [0, 0.05) is 18.7 Å². The number of nitrogens with one attached hydrogen (secondary N) is 1. The van der Waals surface area contributed by atoms with Crippen molar-refractivity contribution in [1.29, 1.82) is 0 Å². The van der Waals surface area contributed by atoms with Crippen LogP contribution in [-0.4, -0.2) is 59.8 Å². The zero-order valence-corrected chi connectivity index (χ0v) is 13.2. The molecule has 0 saturated carbocycles. The molecule has 1 aliphatic rings. The van der Waals surface area contributed by atoms with Crippen molar-refractivity contribution >= 4 is 23.5 Å². The van der Waals surface area contributed by atoms with E-state index in [1.54, 1.807) is 19.1 Å². The lowest BCUT2D eigenvalue weighted by molar-refractivity contribution is -0.142. The van der Waals surface area contributed by atoms with Crippen LogP contribution in [0.4, 0.5) is 10.1 Å². The summed E-state index contributed by atoms with van der Waals surface area (Å²) >= 11 is 0. The van der Waals surface area contributed by atoms with Crippen LogP contribution >= 0.6 is 0 Å². The van der Waals surface area contributed by atoms with E-state index < -0.39 is 30.1 Å². The summed E-state index contributed by atoms with van der Waals surface area (Å²) in [5.74, 6) is -2.04. The number of nitrogens with zero attached hydrogens (tertiary/aromatic N) is 1. The molecule has 2 rings (SSSR count). The second-order valence-electron chi connectivity index (χ2n) is 5.46. The third kappa shape index (κ3) is 4.51. The Bertz CT molecular complexity index is 619. The summed E-state index contributed by atoms with van der Waals surface area (Å²) in [7, 11) is 0. The molecule has 0 unspecified atom stereocenters. The van der Waals surface area contributed by atoms with Gasteiger partial charge in [0.05, 0.1) is 18.7 Å². The average molecular weight is 338 g/mol. The van der Waals surface area contributed by atoms with Gasteiger partial charge < -0.3 is 15.2 Å². The van der Waals surface area contributed by atoms with Gasteiger partial charge in [0.1, 0.15) is 12.2 Å². The van der Waals surface area contributed by atoms with Crippen molar-refractivity contribution in [2.75, 3.05) is 25.0 Å². The Morgan fingerprint density at radius 3 is 2.58 bits per heavy atom. The molecule has 1 fully saturated rings. The van der Waals surface area contributed by atoms with Gasteiger partial charge in [0.2, 0.25) is 5.91 Å². The fourth-order valence-corrected chi connectivity index (χ4v) is 2.57. The zero-order chi connectivity index (χ0) is 17.7. The molecule has 2 atom stereocenters. The molecular weight excluding hydrogens is 319 g/mol. The number of carbonyl (C=O) groups is 3. The number of alkyl halides is 1. The fraction of sp³-hybridized carbons (Fsp3) is 0.438. The van der Waals surface area contributed by atoms with E-state index in [1.807, 2.05) is 0 Å². The van der Waals surface area contributed by atoms with Crippen LogP contribution in [-0.2, 0) is 14.3 Å². The molecule has 0 bridgehead atoms. The zero-order valence-electron chi connectivity index (χ0n) is 13.2. The van der Waals surface area contributed by atoms with Crippen LogP contribution in [0.1, 0.15) is 23.7 Å². The number of carbonyl (C=O) groups excluding carboxylic acids is 2. The smallest absolute Gasteiger partial charge is 0.338 e. The molecule has 1 aromatic carbocycles. The standard InChI is InChI=1S/C16H19FN2O5/c1-2-24-16(23)10-3-5-12(6-4-10)18-14(20)9-19-8-11(17)7-13(19)15(21)22/h3-6,11,13H,2,7-9H2,1H3,(H,18,20)(H,21,22)/t11-,13-/m0/s1. The molecule has 0 aromatic heterocycles. The number of halogens is 1. The van der Waals surface area contributed by atoms with Crippen LogP contribution < -0.4 is 5.32 Å². The van der Waals surface area contributed by atoms with E-state index in [9.17, 15) is 18.8 Å². The van der Waals surface area contributed by atoms with Gasteiger partial charge >= 0.3 is 11.9 Å². The number of carboxylic acids is 1. The summed E-state index contributed by atoms with van der Waals surface area (Å²) in [5.41, 5.74) is 0.816. The second kappa shape index (κ2) is 7.87. The van der Waals surface area contributed by atoms with Crippen LogP contribution in [0.15, 0.2) is 24.3 Å². The maximum Gasteiger partial charge on any atom is 0.338 e. The Labute approximate surface area is 138 Å². The first-order valence-corrected chi connectivity index (χ1v) is 7.58. The Kier molecular flexibility index (Phi) is 5.86. The van der Waals surface area contributed by atoms with E-state index in [-0.39, 0.29) is 26.1 Å². The molecule has 24 heavy (non-hydrogen) atoms. The average Bonchev–Trinajstić information content (AvgIpc) is 2.88. The fourth-order valence-electron chi connectivity index (χ4n) is 2.57. The molecule has 0 radical (unpaired) electrons. The first-order valence-electron chi connectivity index (χ1n) is 7.58. The third-order valence-corrected chi connectivity index (χ3v) is 3.66. The van der Waals surface area contributed by atoms with Gasteiger partial charge in [0.25, 0.3) is 0 Å². The summed E-state index contributed by atoms with van der Waals surface area (Å²) < 4.78 is 18.2. The molecule has 1 aromatic rings. The molecule has 130 valence electrons. The highest BCUT2D eigenvalue weighted by atomic mass is 19.1. The van der Waals surface area contributed by atoms with Gasteiger partial charge in [-0.05, 0) is 31.2 Å². The van der Waals surface area contributed by atoms with Crippen LogP contribution in [0.5, 0.6) is 0 Å². The maximum absolute atomic E-state index is 13.4. The van der Waals surface area contributed by atoms with Crippen molar-refractivity contribution in [3.05, 3.63) is 29.8 Å². The SMILES string of the molecule is CCOC(=O)c1ccc(NC(=O)CN2C[C@@H](F)C[C@H]2C(=O)O)cc1. The van der Waals surface area contributed by atoms with Crippen molar-refractivity contribution in [3.63, 3.8) is 0 Å². The van der Waals surface area contributed by atoms with Crippen molar-refractivity contribution in [3.8, 4) is 0 Å². The van der Waals surface area contributed by atoms with Gasteiger partial charge in [-0.15, -0.1) is 0 Å². The lowest BCUT2D eigenvalue weighted by Gasteiger charge is -2.19. The molecule has 1 aliphatic heterocycles. The molecule has 0 spiro atoms. The van der Waals surface area contributed by atoms with Crippen molar-refractivity contribution in [2.45, 2.75) is 25.6 Å². The van der Waals surface area contributed by atoms with Gasteiger partial charge in [-0.2, -0.15) is 0 Å². The molecule has 0 aliphatic carbocycles. The summed E-state index contributed by atoms with van der Waals surface area (Å²) in [5, 5.41) is 11.6. The summed E-state index contributed by atoms with van der Waals surface area (Å²) in [4.78, 5) is 35.9. The first-order chi connectivity index (χ1) is 11.4. The van der Waals surface area contributed by atoms with E-state index in [0.717, 1.165) is 0 Å². The Balaban J connectivity index is 1.92. The summed E-state index contributed by atoms with van der Waals surface area (Å²) in [6.07, 6.45) is -1.36. The highest BCUT2D eigenvalue weighted by Gasteiger charge is 2.37. The van der Waals surface area contributed by atoms with Crippen LogP contribution in [0, 0.1) is 0 Å². The number of hydrogen-bond acceptors (Lipinski definition) is 5. The van der Waals surface area contributed by atoms with E-state index in [1.165, 1.54) is 17.0 Å². The minimum absolute atomic E-state index is 0.0772. The summed E-state index contributed by atoms with van der Waals surface area (Å²) in [6, 6.07) is 5.13. The van der Waals surface area contributed by atoms with Crippen LogP contribution in [0.2, 0.25) is 0 Å². The molecule has 7 nitrogen and oxygen atoms in total. The van der Waals surface area contributed by atoms with E-state index >= 15 is 0 Å². The number of amides is 1. The second-order valence-corrected chi connectivity index (χ2v) is 5.46. The number of rotatable bonds is 6. The highest BCUT2D eigenvalue weighted by molar-refractivity contribution is 5.94. The third-order valence-electron chi connectivity index (χ3n) is 3.66.